The molecule has 0 radical (unpaired) electrons. The second-order valence-corrected chi connectivity index (χ2v) is 24.3. The van der Waals surface area contributed by atoms with Crippen LogP contribution in [0.15, 0.2) is 277 Å². The number of para-hydroxylation sites is 4. The van der Waals surface area contributed by atoms with E-state index in [1.807, 2.05) is 78.9 Å². The minimum atomic E-state index is -0.104. The molecule has 0 spiro atoms. The monoisotopic (exact) mass is 1160 g/mol. The van der Waals surface area contributed by atoms with E-state index in [0.29, 0.717) is 0 Å². The molecule has 0 atom stereocenters. The largest absolute Gasteiger partial charge is 0.456 e. The number of nitrogens with zero attached hydrogens (tertiary/aromatic N) is 1. The third kappa shape index (κ3) is 8.20. The van der Waals surface area contributed by atoms with Gasteiger partial charge < -0.3 is 27.9 Å². The van der Waals surface area contributed by atoms with Gasteiger partial charge in [0.25, 0.3) is 0 Å². The summed E-state index contributed by atoms with van der Waals surface area (Å²) < 4.78 is 25.3. The Morgan fingerprint density at radius 1 is 0.318 bits per heavy atom. The molecule has 408 valence electrons. The van der Waals surface area contributed by atoms with Gasteiger partial charge in [-0.05, 0) is 154 Å². The zero-order valence-corrected chi connectivity index (χ0v) is 48.8. The van der Waals surface area contributed by atoms with E-state index in [4.69, 9.17) is 17.7 Å². The van der Waals surface area contributed by atoms with Crippen LogP contribution < -0.4 is 10.2 Å². The predicted octanol–water partition coefficient (Wildman–Crippen LogP) is 23.2. The fourth-order valence-electron chi connectivity index (χ4n) is 13.6. The molecule has 0 fully saturated rings. The van der Waals surface area contributed by atoms with Crippen LogP contribution in [0.25, 0.3) is 110 Å². The molecular formula is C78H55BrN2O4. The van der Waals surface area contributed by atoms with Gasteiger partial charge >= 0.3 is 0 Å². The van der Waals surface area contributed by atoms with Crippen molar-refractivity contribution in [3.63, 3.8) is 0 Å². The fraction of sp³-hybridized carbons (Fsp3) is 0.0769. The van der Waals surface area contributed by atoms with Crippen LogP contribution >= 0.6 is 15.9 Å². The molecule has 18 rings (SSSR count). The zero-order valence-electron chi connectivity index (χ0n) is 47.2. The second kappa shape index (κ2) is 19.5. The molecule has 0 saturated carbocycles. The molecule has 0 aliphatic heterocycles. The van der Waals surface area contributed by atoms with E-state index in [1.165, 1.54) is 49.9 Å². The first-order chi connectivity index (χ1) is 41.5. The number of benzene rings is 12. The van der Waals surface area contributed by atoms with Crippen molar-refractivity contribution in [2.45, 2.75) is 38.5 Å². The average Bonchev–Trinajstić information content (AvgIpc) is 2.09. The van der Waals surface area contributed by atoms with Crippen molar-refractivity contribution in [1.82, 2.24) is 0 Å². The average molecular weight is 1160 g/mol. The maximum absolute atomic E-state index is 6.34. The van der Waals surface area contributed by atoms with E-state index < -0.39 is 0 Å². The number of hydrogen-bond acceptors (Lipinski definition) is 6. The quantitative estimate of drug-likeness (QED) is 0.185. The van der Waals surface area contributed by atoms with Crippen LogP contribution in [0, 0.1) is 0 Å². The van der Waals surface area contributed by atoms with Gasteiger partial charge in [0.05, 0.1) is 22.1 Å². The lowest BCUT2D eigenvalue weighted by Gasteiger charge is -2.28. The molecule has 0 saturated heterocycles. The first-order valence-electron chi connectivity index (χ1n) is 28.9. The maximum Gasteiger partial charge on any atom is 0.137 e. The number of anilines is 5. The van der Waals surface area contributed by atoms with Gasteiger partial charge in [0, 0.05) is 64.7 Å². The lowest BCUT2D eigenvalue weighted by molar-refractivity contribution is 0.660. The highest BCUT2D eigenvalue weighted by Gasteiger charge is 2.37. The van der Waals surface area contributed by atoms with Crippen LogP contribution in [0.1, 0.15) is 49.9 Å². The molecule has 12 aromatic carbocycles. The van der Waals surface area contributed by atoms with Crippen LogP contribution in [-0.2, 0) is 10.8 Å². The van der Waals surface area contributed by atoms with Gasteiger partial charge in [-0.1, -0.05) is 189 Å². The van der Waals surface area contributed by atoms with Gasteiger partial charge in [-0.2, -0.15) is 0 Å². The Kier molecular flexibility index (Phi) is 11.6. The Labute approximate surface area is 499 Å². The smallest absolute Gasteiger partial charge is 0.137 e. The summed E-state index contributed by atoms with van der Waals surface area (Å²) in [5.41, 5.74) is 23.4. The molecule has 7 heteroatoms. The second-order valence-electron chi connectivity index (χ2n) is 23.3. The van der Waals surface area contributed by atoms with E-state index in [9.17, 15) is 0 Å². The highest BCUT2D eigenvalue weighted by Crippen LogP contribution is 2.53. The minimum absolute atomic E-state index is 0.00202. The van der Waals surface area contributed by atoms with Crippen molar-refractivity contribution in [2.24, 2.45) is 0 Å². The van der Waals surface area contributed by atoms with E-state index in [1.54, 1.807) is 0 Å². The Morgan fingerprint density at radius 3 is 1.38 bits per heavy atom. The SMILES string of the molecule is Brc1ccc2oc3ccccc3c2c1.CC1(C)c2ccccc2-c2ccc(N(c3ccc4oc5ccccc5c4c3)c3cccc4oc5ccccc5c34)cc21.CC1(C)c2ccccc2-c2ccc(Nc3cccc4oc5ccccc5c34)cc21. The zero-order chi connectivity index (χ0) is 57.1. The van der Waals surface area contributed by atoms with Crippen molar-refractivity contribution >= 4 is 132 Å². The number of rotatable bonds is 5. The Bertz CT molecular complexity index is 5340. The van der Waals surface area contributed by atoms with E-state index >= 15 is 0 Å². The molecule has 0 amide bonds. The number of nitrogens with one attached hydrogen (secondary N) is 1. The van der Waals surface area contributed by atoms with Gasteiger partial charge in [-0.3, -0.25) is 0 Å². The molecular weight excluding hydrogens is 1110 g/mol. The summed E-state index contributed by atoms with van der Waals surface area (Å²) in [6.07, 6.45) is 0. The molecule has 2 aliphatic rings. The van der Waals surface area contributed by atoms with Crippen LogP contribution in [-0.4, -0.2) is 0 Å². The summed E-state index contributed by atoms with van der Waals surface area (Å²) in [5.74, 6) is 0. The molecule has 4 aromatic heterocycles. The Morgan fingerprint density at radius 2 is 0.741 bits per heavy atom. The van der Waals surface area contributed by atoms with Crippen LogP contribution in [0.5, 0.6) is 0 Å². The maximum atomic E-state index is 6.34. The van der Waals surface area contributed by atoms with Gasteiger partial charge in [0.15, 0.2) is 0 Å². The molecule has 6 nitrogen and oxygen atoms in total. The van der Waals surface area contributed by atoms with E-state index in [2.05, 4.69) is 230 Å². The normalized spacial score (nSPS) is 13.4. The van der Waals surface area contributed by atoms with Crippen molar-refractivity contribution in [1.29, 1.82) is 0 Å². The van der Waals surface area contributed by atoms with Crippen molar-refractivity contribution in [3.8, 4) is 22.3 Å². The molecule has 4 heterocycles. The topological polar surface area (TPSA) is 67.8 Å². The summed E-state index contributed by atoms with van der Waals surface area (Å²) in [6, 6.07) is 89.2. The van der Waals surface area contributed by atoms with Crippen molar-refractivity contribution in [3.05, 3.63) is 282 Å². The highest BCUT2D eigenvalue weighted by atomic mass is 79.9. The number of furan rings is 4. The summed E-state index contributed by atoms with van der Waals surface area (Å²) in [5, 5.41) is 12.7. The fourth-order valence-corrected chi connectivity index (χ4v) is 13.9. The number of halogens is 1. The third-order valence-corrected chi connectivity index (χ3v) is 18.2. The summed E-state index contributed by atoms with van der Waals surface area (Å²) >= 11 is 3.46. The van der Waals surface area contributed by atoms with Gasteiger partial charge in [0.1, 0.15) is 44.7 Å². The van der Waals surface area contributed by atoms with Crippen molar-refractivity contribution in [2.75, 3.05) is 10.2 Å². The summed E-state index contributed by atoms with van der Waals surface area (Å²) in [4.78, 5) is 2.38. The first-order valence-corrected chi connectivity index (χ1v) is 29.7. The molecule has 1 N–H and O–H groups in total. The lowest BCUT2D eigenvalue weighted by Crippen LogP contribution is -2.16. The van der Waals surface area contributed by atoms with Gasteiger partial charge in [-0.15, -0.1) is 0 Å². The van der Waals surface area contributed by atoms with Crippen LogP contribution in [0.4, 0.5) is 28.4 Å². The first kappa shape index (κ1) is 50.6. The number of fused-ring (bicyclic) bond motifs is 18. The van der Waals surface area contributed by atoms with Gasteiger partial charge in [-0.25, -0.2) is 0 Å². The minimum Gasteiger partial charge on any atom is -0.456 e. The molecule has 0 bridgehead atoms. The molecule has 85 heavy (non-hydrogen) atoms. The Balaban J connectivity index is 0.000000117. The van der Waals surface area contributed by atoms with E-state index in [0.717, 1.165) is 115 Å². The van der Waals surface area contributed by atoms with Crippen LogP contribution in [0.2, 0.25) is 0 Å². The third-order valence-electron chi connectivity index (χ3n) is 17.7. The Hall–Kier alpha value is -10.1. The summed E-state index contributed by atoms with van der Waals surface area (Å²) in [7, 11) is 0. The summed E-state index contributed by atoms with van der Waals surface area (Å²) in [6.45, 7) is 9.29. The molecule has 2 aliphatic carbocycles. The predicted molar refractivity (Wildman–Crippen MR) is 356 cm³/mol. The van der Waals surface area contributed by atoms with Crippen molar-refractivity contribution < 1.29 is 17.7 Å². The highest BCUT2D eigenvalue weighted by molar-refractivity contribution is 9.10. The molecule has 16 aromatic rings. The number of hydrogen-bond donors (Lipinski definition) is 1. The van der Waals surface area contributed by atoms with E-state index in [-0.39, 0.29) is 10.8 Å². The standard InChI is InChI=1S/C39H27NO2.C27H21NO.C12H7BrO/c1-39(2)31-13-6-3-10-26(31)27-20-18-25(23-32(27)39)40(24-19-21-36-30(22-24)28-11-4-7-15-34(28)41-36)33-14-9-17-37-38(33)29-12-5-8-16-35(29)42-37;1-27(2)21-10-5-3-8-18(21)19-15-14-17(16-22(19)27)28-23-11-7-13-25-26(23)20-9-4-6-12-24(20)29-25;13-8-5-6-12-10(7-8)9-3-1-2-4-11(9)14-12/h3-23H,1-2H3;3-16,28H,1-2H3;1-7H. The lowest BCUT2D eigenvalue weighted by atomic mass is 9.82. The molecule has 0 unspecified atom stereocenters. The van der Waals surface area contributed by atoms with Gasteiger partial charge in [0.2, 0.25) is 0 Å². The van der Waals surface area contributed by atoms with Crippen LogP contribution in [0.3, 0.4) is 0 Å².